The summed E-state index contributed by atoms with van der Waals surface area (Å²) >= 11 is 0. The number of sulfonamides is 1. The molecule has 5 heteroatoms. The quantitative estimate of drug-likeness (QED) is 0.908. The molecule has 1 aliphatic carbocycles. The van der Waals surface area contributed by atoms with Gasteiger partial charge < -0.3 is 5.32 Å². The van der Waals surface area contributed by atoms with E-state index in [2.05, 4.69) is 11.4 Å². The van der Waals surface area contributed by atoms with E-state index in [1.165, 1.54) is 12.8 Å². The van der Waals surface area contributed by atoms with Crippen LogP contribution in [0.4, 0.5) is 0 Å². The van der Waals surface area contributed by atoms with E-state index in [4.69, 9.17) is 0 Å². The minimum atomic E-state index is -3.33. The van der Waals surface area contributed by atoms with E-state index < -0.39 is 10.0 Å². The highest BCUT2D eigenvalue weighted by Crippen LogP contribution is 2.27. The van der Waals surface area contributed by atoms with Gasteiger partial charge in [-0.3, -0.25) is 0 Å². The van der Waals surface area contributed by atoms with Crippen LogP contribution in [0.25, 0.3) is 0 Å². The molecule has 1 saturated carbocycles. The Hall–Kier alpha value is -0.910. The highest BCUT2D eigenvalue weighted by molar-refractivity contribution is 7.89. The Morgan fingerprint density at radius 1 is 1.19 bits per heavy atom. The van der Waals surface area contributed by atoms with Crippen molar-refractivity contribution in [1.29, 1.82) is 0 Å². The second-order valence-corrected chi connectivity index (χ2v) is 8.21. The average Bonchev–Trinajstić information content (AvgIpc) is 3.10. The Labute approximate surface area is 127 Å². The molecule has 1 N–H and O–H groups in total. The molecule has 0 bridgehead atoms. The first kappa shape index (κ1) is 15.0. The third-order valence-corrected chi connectivity index (χ3v) is 6.56. The number of benzene rings is 1. The van der Waals surface area contributed by atoms with Crippen molar-refractivity contribution in [3.05, 3.63) is 28.8 Å². The Morgan fingerprint density at radius 3 is 2.48 bits per heavy atom. The van der Waals surface area contributed by atoms with Crippen molar-refractivity contribution in [2.75, 3.05) is 13.1 Å². The Balaban J connectivity index is 1.91. The van der Waals surface area contributed by atoms with Crippen molar-refractivity contribution in [1.82, 2.24) is 9.62 Å². The van der Waals surface area contributed by atoms with Gasteiger partial charge in [0.2, 0.25) is 10.0 Å². The van der Waals surface area contributed by atoms with Crippen molar-refractivity contribution in [2.45, 2.75) is 57.0 Å². The van der Waals surface area contributed by atoms with Crippen molar-refractivity contribution in [3.8, 4) is 0 Å². The lowest BCUT2D eigenvalue weighted by molar-refractivity contribution is 0.476. The summed E-state index contributed by atoms with van der Waals surface area (Å²) in [6, 6.07) is 4.60. The van der Waals surface area contributed by atoms with Crippen LogP contribution in [0.2, 0.25) is 0 Å². The van der Waals surface area contributed by atoms with Gasteiger partial charge in [0, 0.05) is 25.7 Å². The summed E-state index contributed by atoms with van der Waals surface area (Å²) in [5, 5.41) is 3.46. The minimum absolute atomic E-state index is 0.497. The van der Waals surface area contributed by atoms with Crippen LogP contribution < -0.4 is 5.32 Å². The van der Waals surface area contributed by atoms with Crippen LogP contribution in [-0.2, 0) is 16.6 Å². The van der Waals surface area contributed by atoms with E-state index in [9.17, 15) is 8.42 Å². The fraction of sp³-hybridized carbons (Fsp3) is 0.625. The van der Waals surface area contributed by atoms with E-state index in [0.29, 0.717) is 24.0 Å². The Bertz CT molecular complexity index is 630. The van der Waals surface area contributed by atoms with Gasteiger partial charge in [-0.2, -0.15) is 4.31 Å². The van der Waals surface area contributed by atoms with Crippen LogP contribution in [0.15, 0.2) is 17.0 Å². The van der Waals surface area contributed by atoms with Crippen molar-refractivity contribution < 1.29 is 8.42 Å². The smallest absolute Gasteiger partial charge is 0.243 e. The van der Waals surface area contributed by atoms with Crippen LogP contribution in [0.1, 0.15) is 42.4 Å². The van der Waals surface area contributed by atoms with Crippen molar-refractivity contribution >= 4 is 10.0 Å². The number of nitrogens with one attached hydrogen (secondary N) is 1. The fourth-order valence-electron chi connectivity index (χ4n) is 2.89. The molecule has 1 saturated heterocycles. The number of aryl methyl sites for hydroxylation is 1. The number of hydrogen-bond acceptors (Lipinski definition) is 3. The zero-order valence-corrected chi connectivity index (χ0v) is 13.7. The van der Waals surface area contributed by atoms with Gasteiger partial charge in [0.15, 0.2) is 0 Å². The first-order valence-corrected chi connectivity index (χ1v) is 9.26. The van der Waals surface area contributed by atoms with Gasteiger partial charge in [-0.25, -0.2) is 8.42 Å². The zero-order chi connectivity index (χ0) is 15.0. The molecule has 1 aliphatic heterocycles. The summed E-state index contributed by atoms with van der Waals surface area (Å²) in [6.07, 6.45) is 4.42. The molecule has 3 rings (SSSR count). The van der Waals surface area contributed by atoms with Gasteiger partial charge in [-0.15, -0.1) is 0 Å². The van der Waals surface area contributed by atoms with Gasteiger partial charge >= 0.3 is 0 Å². The highest BCUT2D eigenvalue weighted by Gasteiger charge is 2.29. The molecule has 2 fully saturated rings. The molecule has 0 atom stereocenters. The first-order chi connectivity index (χ1) is 9.98. The molecular weight excluding hydrogens is 284 g/mol. The molecule has 4 nitrogen and oxygen atoms in total. The maximum atomic E-state index is 12.8. The SMILES string of the molecule is Cc1cc(CNC2CC2)cc(S(=O)(=O)N2CCCC2)c1C. The maximum Gasteiger partial charge on any atom is 0.243 e. The summed E-state index contributed by atoms with van der Waals surface area (Å²) in [7, 11) is -3.33. The first-order valence-electron chi connectivity index (χ1n) is 7.82. The monoisotopic (exact) mass is 308 g/mol. The van der Waals surface area contributed by atoms with Gasteiger partial charge in [0.05, 0.1) is 4.90 Å². The van der Waals surface area contributed by atoms with E-state index in [0.717, 1.165) is 36.1 Å². The van der Waals surface area contributed by atoms with Crippen LogP contribution in [0.3, 0.4) is 0 Å². The van der Waals surface area contributed by atoms with Crippen LogP contribution in [-0.4, -0.2) is 31.9 Å². The lowest BCUT2D eigenvalue weighted by atomic mass is 10.1. The van der Waals surface area contributed by atoms with Crippen LogP contribution in [0, 0.1) is 13.8 Å². The van der Waals surface area contributed by atoms with Crippen LogP contribution >= 0.6 is 0 Å². The Kier molecular flexibility index (Phi) is 4.08. The van der Waals surface area contributed by atoms with E-state index in [-0.39, 0.29) is 0 Å². The number of nitrogens with zero attached hydrogens (tertiary/aromatic N) is 1. The predicted molar refractivity (Wildman–Crippen MR) is 83.8 cm³/mol. The molecule has 1 aromatic carbocycles. The lowest BCUT2D eigenvalue weighted by Crippen LogP contribution is -2.29. The third-order valence-electron chi connectivity index (χ3n) is 4.53. The van der Waals surface area contributed by atoms with E-state index in [1.54, 1.807) is 4.31 Å². The molecule has 21 heavy (non-hydrogen) atoms. The topological polar surface area (TPSA) is 49.4 Å². The molecule has 116 valence electrons. The Morgan fingerprint density at radius 2 is 1.86 bits per heavy atom. The third kappa shape index (κ3) is 3.15. The number of hydrogen-bond donors (Lipinski definition) is 1. The van der Waals surface area contributed by atoms with Crippen LogP contribution in [0.5, 0.6) is 0 Å². The molecule has 1 aromatic rings. The summed E-state index contributed by atoms with van der Waals surface area (Å²) in [5.74, 6) is 0. The molecule has 0 aromatic heterocycles. The normalized spacial score (nSPS) is 20.1. The van der Waals surface area contributed by atoms with Gasteiger partial charge in [-0.1, -0.05) is 6.07 Å². The molecule has 0 radical (unpaired) electrons. The van der Waals surface area contributed by atoms with Gasteiger partial charge in [0.1, 0.15) is 0 Å². The largest absolute Gasteiger partial charge is 0.310 e. The molecule has 1 heterocycles. The van der Waals surface area contributed by atoms with E-state index >= 15 is 0 Å². The summed E-state index contributed by atoms with van der Waals surface area (Å²) in [5.41, 5.74) is 3.02. The van der Waals surface area contributed by atoms with Gasteiger partial charge in [0.25, 0.3) is 0 Å². The average molecular weight is 308 g/mol. The molecule has 0 spiro atoms. The second-order valence-electron chi connectivity index (χ2n) is 6.30. The minimum Gasteiger partial charge on any atom is -0.310 e. The number of rotatable bonds is 5. The summed E-state index contributed by atoms with van der Waals surface area (Å²) < 4.78 is 27.3. The zero-order valence-electron chi connectivity index (χ0n) is 12.9. The van der Waals surface area contributed by atoms with Crippen molar-refractivity contribution in [3.63, 3.8) is 0 Å². The molecule has 0 unspecified atom stereocenters. The summed E-state index contributed by atoms with van der Waals surface area (Å²) in [4.78, 5) is 0.497. The molecule has 0 amide bonds. The standard InChI is InChI=1S/C16H24N2O2S/c1-12-9-14(11-17-15-5-6-15)10-16(13(12)2)21(19,20)18-7-3-4-8-18/h9-10,15,17H,3-8,11H2,1-2H3. The van der Waals surface area contributed by atoms with Gasteiger partial charge in [-0.05, 0) is 62.3 Å². The molecular formula is C16H24N2O2S. The van der Waals surface area contributed by atoms with E-state index in [1.807, 2.05) is 19.9 Å². The predicted octanol–water partition coefficient (Wildman–Crippen LogP) is 2.34. The highest BCUT2D eigenvalue weighted by atomic mass is 32.2. The van der Waals surface area contributed by atoms with Crippen molar-refractivity contribution in [2.24, 2.45) is 0 Å². The lowest BCUT2D eigenvalue weighted by Gasteiger charge is -2.19. The molecule has 2 aliphatic rings. The maximum absolute atomic E-state index is 12.8. The second kappa shape index (κ2) is 5.71. The summed E-state index contributed by atoms with van der Waals surface area (Å²) in [6.45, 7) is 5.99. The fourth-order valence-corrected chi connectivity index (χ4v) is 4.75.